The third kappa shape index (κ3) is 3.01. The van der Waals surface area contributed by atoms with Crippen molar-refractivity contribution < 1.29 is 13.5 Å². The Hall–Kier alpha value is -2.94. The Kier molecular flexibility index (Phi) is 3.87. The van der Waals surface area contributed by atoms with Crippen molar-refractivity contribution in [3.8, 4) is 22.5 Å². The van der Waals surface area contributed by atoms with Crippen LogP contribution in [0.4, 0.5) is 5.95 Å². The van der Waals surface area contributed by atoms with Gasteiger partial charge < -0.3 is 10.2 Å². The second-order valence-corrected chi connectivity index (χ2v) is 8.01. The molecule has 3 heterocycles. The Bertz CT molecular complexity index is 1090. The number of benzene rings is 1. The minimum absolute atomic E-state index is 0.194. The standard InChI is InChI=1S/C18H16N4O3S/c1-26(23,24)13-4-2-3-11(7-13)14-5-6-20-15-8-16(25-17(14)15)12-9-21-18(19)22-10-12/h2-10,23-24H,1H3,(H2,19,21,22). The molecule has 4 aromatic rings. The molecule has 0 aliphatic heterocycles. The minimum Gasteiger partial charge on any atom is -0.454 e. The second kappa shape index (κ2) is 6.10. The van der Waals surface area contributed by atoms with E-state index in [4.69, 9.17) is 10.2 Å². The number of anilines is 1. The largest absolute Gasteiger partial charge is 0.454 e. The van der Waals surface area contributed by atoms with E-state index in [1.807, 2.05) is 18.2 Å². The second-order valence-electron chi connectivity index (χ2n) is 5.87. The van der Waals surface area contributed by atoms with Crippen LogP contribution in [0.2, 0.25) is 0 Å². The van der Waals surface area contributed by atoms with Crippen LogP contribution in [-0.4, -0.2) is 30.3 Å². The van der Waals surface area contributed by atoms with Gasteiger partial charge in [-0.3, -0.25) is 14.1 Å². The Labute approximate surface area is 150 Å². The molecule has 0 bridgehead atoms. The number of furan rings is 1. The molecule has 0 aliphatic carbocycles. The van der Waals surface area contributed by atoms with Gasteiger partial charge in [-0.15, -0.1) is 0 Å². The molecule has 0 fully saturated rings. The van der Waals surface area contributed by atoms with Crippen molar-refractivity contribution in [2.24, 2.45) is 0 Å². The van der Waals surface area contributed by atoms with Gasteiger partial charge in [-0.05, 0) is 23.8 Å². The van der Waals surface area contributed by atoms with E-state index in [1.165, 1.54) is 6.26 Å². The van der Waals surface area contributed by atoms with Crippen LogP contribution in [0.25, 0.3) is 33.6 Å². The minimum atomic E-state index is -2.80. The number of nitrogens with two attached hydrogens (primary N) is 1. The average molecular weight is 368 g/mol. The van der Waals surface area contributed by atoms with E-state index in [1.54, 1.807) is 36.8 Å². The zero-order chi connectivity index (χ0) is 18.3. The molecule has 0 unspecified atom stereocenters. The topological polar surface area (TPSA) is 118 Å². The summed E-state index contributed by atoms with van der Waals surface area (Å²) in [5.74, 6) is 0.773. The number of fused-ring (bicyclic) bond motifs is 1. The zero-order valence-electron chi connectivity index (χ0n) is 13.8. The fourth-order valence-corrected chi connectivity index (χ4v) is 3.36. The summed E-state index contributed by atoms with van der Waals surface area (Å²) in [4.78, 5) is 12.8. The summed E-state index contributed by atoms with van der Waals surface area (Å²) >= 11 is 0. The Morgan fingerprint density at radius 3 is 2.50 bits per heavy atom. The van der Waals surface area contributed by atoms with Crippen LogP contribution in [0.1, 0.15) is 0 Å². The van der Waals surface area contributed by atoms with Gasteiger partial charge in [0.15, 0.2) is 5.58 Å². The van der Waals surface area contributed by atoms with E-state index in [0.29, 0.717) is 27.3 Å². The molecule has 0 aliphatic rings. The van der Waals surface area contributed by atoms with Crippen LogP contribution in [-0.2, 0) is 0 Å². The highest BCUT2D eigenvalue weighted by molar-refractivity contribution is 8.23. The van der Waals surface area contributed by atoms with Crippen LogP contribution in [0.5, 0.6) is 0 Å². The van der Waals surface area contributed by atoms with E-state index in [2.05, 4.69) is 15.0 Å². The van der Waals surface area contributed by atoms with Crippen molar-refractivity contribution in [3.63, 3.8) is 0 Å². The van der Waals surface area contributed by atoms with Gasteiger partial charge in [-0.2, -0.15) is 10.6 Å². The third-order valence-electron chi connectivity index (χ3n) is 3.96. The molecule has 0 saturated heterocycles. The number of nitrogens with zero attached hydrogens (tertiary/aromatic N) is 3. The molecular formula is C18H16N4O3S. The Morgan fingerprint density at radius 1 is 1.00 bits per heavy atom. The molecule has 0 radical (unpaired) electrons. The highest BCUT2D eigenvalue weighted by atomic mass is 32.3. The lowest BCUT2D eigenvalue weighted by Gasteiger charge is -2.27. The summed E-state index contributed by atoms with van der Waals surface area (Å²) in [6.45, 7) is 0. The van der Waals surface area contributed by atoms with E-state index in [0.717, 1.165) is 11.1 Å². The quantitative estimate of drug-likeness (QED) is 0.494. The summed E-state index contributed by atoms with van der Waals surface area (Å²) in [5.41, 5.74) is 9.12. The number of pyridine rings is 1. The van der Waals surface area contributed by atoms with Gasteiger partial charge in [0.1, 0.15) is 11.3 Å². The molecule has 0 atom stereocenters. The first kappa shape index (κ1) is 16.5. The fourth-order valence-electron chi connectivity index (χ4n) is 2.68. The van der Waals surface area contributed by atoms with Crippen molar-refractivity contribution in [3.05, 3.63) is 55.0 Å². The van der Waals surface area contributed by atoms with E-state index < -0.39 is 10.6 Å². The number of hydrogen-bond donors (Lipinski definition) is 3. The summed E-state index contributed by atoms with van der Waals surface area (Å²) in [6, 6.07) is 10.8. The molecule has 8 heteroatoms. The summed E-state index contributed by atoms with van der Waals surface area (Å²) in [6.07, 6.45) is 6.27. The van der Waals surface area contributed by atoms with Gasteiger partial charge in [0.2, 0.25) is 5.95 Å². The zero-order valence-corrected chi connectivity index (χ0v) is 14.6. The first-order chi connectivity index (χ1) is 12.4. The van der Waals surface area contributed by atoms with Crippen molar-refractivity contribution in [1.82, 2.24) is 15.0 Å². The van der Waals surface area contributed by atoms with Gasteiger partial charge in [-0.25, -0.2) is 9.97 Å². The first-order valence-electron chi connectivity index (χ1n) is 7.72. The molecule has 132 valence electrons. The van der Waals surface area contributed by atoms with Crippen LogP contribution in [0.3, 0.4) is 0 Å². The van der Waals surface area contributed by atoms with Crippen LogP contribution >= 0.6 is 10.6 Å². The van der Waals surface area contributed by atoms with E-state index >= 15 is 0 Å². The molecule has 0 amide bonds. The number of nitrogen functional groups attached to an aromatic ring is 1. The lowest BCUT2D eigenvalue weighted by atomic mass is 10.1. The predicted molar refractivity (Wildman–Crippen MR) is 102 cm³/mol. The lowest BCUT2D eigenvalue weighted by molar-refractivity contribution is 0.495. The SMILES string of the molecule is CS(O)(O)c1cccc(-c2ccnc3cc(-c4cnc(N)nc4)oc23)c1. The first-order valence-corrected chi connectivity index (χ1v) is 9.67. The maximum Gasteiger partial charge on any atom is 0.219 e. The van der Waals surface area contributed by atoms with E-state index in [-0.39, 0.29) is 5.95 Å². The molecule has 0 spiro atoms. The van der Waals surface area contributed by atoms with Gasteiger partial charge in [-0.1, -0.05) is 12.1 Å². The molecule has 3 aromatic heterocycles. The Morgan fingerprint density at radius 2 is 1.77 bits per heavy atom. The average Bonchev–Trinajstić information content (AvgIpc) is 3.06. The summed E-state index contributed by atoms with van der Waals surface area (Å²) in [7, 11) is -2.80. The molecule has 4 N–H and O–H groups in total. The maximum atomic E-state index is 9.93. The number of rotatable bonds is 3. The van der Waals surface area contributed by atoms with Crippen molar-refractivity contribution in [1.29, 1.82) is 0 Å². The molecule has 4 rings (SSSR count). The number of aromatic nitrogens is 3. The van der Waals surface area contributed by atoms with Crippen LogP contribution in [0.15, 0.2) is 64.3 Å². The highest BCUT2D eigenvalue weighted by Gasteiger charge is 2.15. The molecule has 7 nitrogen and oxygen atoms in total. The Balaban J connectivity index is 1.85. The number of hydrogen-bond acceptors (Lipinski definition) is 7. The van der Waals surface area contributed by atoms with Gasteiger partial charge in [0.25, 0.3) is 0 Å². The van der Waals surface area contributed by atoms with Crippen LogP contribution in [0, 0.1) is 0 Å². The van der Waals surface area contributed by atoms with Crippen LogP contribution < -0.4 is 5.73 Å². The van der Waals surface area contributed by atoms with Crippen molar-refractivity contribution in [2.75, 3.05) is 12.0 Å². The third-order valence-corrected chi connectivity index (χ3v) is 5.11. The highest BCUT2D eigenvalue weighted by Crippen LogP contribution is 2.45. The smallest absolute Gasteiger partial charge is 0.219 e. The lowest BCUT2D eigenvalue weighted by Crippen LogP contribution is -1.94. The molecule has 0 saturated carbocycles. The maximum absolute atomic E-state index is 9.93. The normalized spacial score (nSPS) is 12.4. The monoisotopic (exact) mass is 368 g/mol. The summed E-state index contributed by atoms with van der Waals surface area (Å²) in [5, 5.41) is 0. The van der Waals surface area contributed by atoms with Gasteiger partial charge >= 0.3 is 0 Å². The predicted octanol–water partition coefficient (Wildman–Crippen LogP) is 4.27. The molecule has 1 aromatic carbocycles. The molecule has 26 heavy (non-hydrogen) atoms. The summed E-state index contributed by atoms with van der Waals surface area (Å²) < 4.78 is 25.9. The van der Waals surface area contributed by atoms with Gasteiger partial charge in [0.05, 0.1) is 10.5 Å². The molecular weight excluding hydrogens is 352 g/mol. The van der Waals surface area contributed by atoms with E-state index in [9.17, 15) is 9.11 Å². The van der Waals surface area contributed by atoms with Crippen molar-refractivity contribution >= 4 is 27.6 Å². The van der Waals surface area contributed by atoms with Crippen molar-refractivity contribution in [2.45, 2.75) is 4.90 Å². The van der Waals surface area contributed by atoms with Gasteiger partial charge in [0, 0.05) is 36.5 Å². The fraction of sp³-hybridized carbons (Fsp3) is 0.0556.